The minimum atomic E-state index is -4.32. The predicted molar refractivity (Wildman–Crippen MR) is 143 cm³/mol. The number of carbonyl (C=O) groups is 1. The van der Waals surface area contributed by atoms with E-state index < -0.39 is 11.7 Å². The number of likely N-dealkylation sites (tertiary alicyclic amines) is 1. The average Bonchev–Trinajstić information content (AvgIpc) is 3.84. The first-order valence-corrected chi connectivity index (χ1v) is 14.5. The molecule has 2 heterocycles. The van der Waals surface area contributed by atoms with Crippen LogP contribution in [-0.2, 0) is 28.7 Å². The number of methoxy groups -OCH3 is 1. The monoisotopic (exact) mass is 541 g/mol. The van der Waals surface area contributed by atoms with Crippen molar-refractivity contribution in [2.24, 2.45) is 11.8 Å². The molecule has 2 unspecified atom stereocenters. The zero-order valence-corrected chi connectivity index (χ0v) is 22.9. The Kier molecular flexibility index (Phi) is 6.93. The highest BCUT2D eigenvalue weighted by Gasteiger charge is 2.42. The molecule has 2 saturated carbocycles. The van der Waals surface area contributed by atoms with Crippen molar-refractivity contribution < 1.29 is 27.4 Å². The summed E-state index contributed by atoms with van der Waals surface area (Å²) in [6, 6.07) is 10.8. The van der Waals surface area contributed by atoms with Crippen LogP contribution in [0.2, 0.25) is 0 Å². The maximum atomic E-state index is 13.4. The topological polar surface area (TPSA) is 38.8 Å². The lowest BCUT2D eigenvalue weighted by Gasteiger charge is -2.45. The van der Waals surface area contributed by atoms with Gasteiger partial charge in [-0.1, -0.05) is 25.1 Å². The van der Waals surface area contributed by atoms with Crippen LogP contribution in [0.15, 0.2) is 36.4 Å². The van der Waals surface area contributed by atoms with E-state index in [1.807, 2.05) is 6.92 Å². The number of hydrogen-bond donors (Lipinski definition) is 0. The second-order valence-corrected chi connectivity index (χ2v) is 12.3. The first kappa shape index (κ1) is 26.7. The summed E-state index contributed by atoms with van der Waals surface area (Å²) < 4.78 is 52.1. The van der Waals surface area contributed by atoms with Crippen molar-refractivity contribution in [1.82, 2.24) is 4.90 Å². The maximum absolute atomic E-state index is 13.4. The molecule has 6 rings (SSSR count). The molecule has 0 N–H and O–H groups in total. The van der Waals surface area contributed by atoms with Crippen LogP contribution < -0.4 is 4.74 Å². The van der Waals surface area contributed by atoms with Crippen molar-refractivity contribution in [3.05, 3.63) is 64.2 Å². The summed E-state index contributed by atoms with van der Waals surface area (Å²) in [5, 5.41) is 0. The minimum Gasteiger partial charge on any atom is -0.487 e. The fourth-order valence-electron chi connectivity index (χ4n) is 6.91. The lowest BCUT2D eigenvalue weighted by Crippen LogP contribution is -2.49. The molecule has 4 aliphatic rings. The number of fused-ring (bicyclic) bond motifs is 1. The van der Waals surface area contributed by atoms with Gasteiger partial charge in [0.1, 0.15) is 11.4 Å². The van der Waals surface area contributed by atoms with Gasteiger partial charge in [-0.05, 0) is 110 Å². The van der Waals surface area contributed by atoms with Crippen molar-refractivity contribution >= 4 is 5.97 Å². The number of ether oxygens (including phenoxy) is 2. The van der Waals surface area contributed by atoms with E-state index in [1.165, 1.54) is 24.8 Å². The first-order valence-electron chi connectivity index (χ1n) is 14.5. The van der Waals surface area contributed by atoms with Gasteiger partial charge in [-0.15, -0.1) is 0 Å². The fraction of sp³-hybridized carbons (Fsp3) is 0.594. The van der Waals surface area contributed by atoms with Gasteiger partial charge in [-0.2, -0.15) is 13.2 Å². The number of hydrogen-bond acceptors (Lipinski definition) is 4. The van der Waals surface area contributed by atoms with Crippen LogP contribution in [0.3, 0.4) is 0 Å². The van der Waals surface area contributed by atoms with E-state index in [4.69, 9.17) is 9.47 Å². The molecule has 0 bridgehead atoms. The fourth-order valence-corrected chi connectivity index (χ4v) is 6.91. The molecule has 1 spiro atoms. The smallest absolute Gasteiger partial charge is 0.416 e. The van der Waals surface area contributed by atoms with E-state index >= 15 is 0 Å². The number of benzene rings is 2. The van der Waals surface area contributed by atoms with Gasteiger partial charge in [-0.25, -0.2) is 0 Å². The number of esters is 1. The Morgan fingerprint density at radius 1 is 1.08 bits per heavy atom. The number of nitrogens with zero attached hydrogens (tertiary/aromatic N) is 1. The van der Waals surface area contributed by atoms with Crippen molar-refractivity contribution in [3.63, 3.8) is 0 Å². The second kappa shape index (κ2) is 10.1. The molecule has 1 saturated heterocycles. The third-order valence-electron chi connectivity index (χ3n) is 9.54. The van der Waals surface area contributed by atoms with Crippen molar-refractivity contribution in [2.75, 3.05) is 20.2 Å². The molecule has 2 aromatic rings. The highest BCUT2D eigenvalue weighted by atomic mass is 19.4. The van der Waals surface area contributed by atoms with Gasteiger partial charge < -0.3 is 9.47 Å². The quantitative estimate of drug-likeness (QED) is 0.346. The van der Waals surface area contributed by atoms with Gasteiger partial charge in [0.15, 0.2) is 0 Å². The van der Waals surface area contributed by atoms with E-state index in [0.717, 1.165) is 86.9 Å². The van der Waals surface area contributed by atoms with Crippen LogP contribution in [-0.4, -0.2) is 36.7 Å². The zero-order chi connectivity index (χ0) is 27.4. The van der Waals surface area contributed by atoms with Gasteiger partial charge in [0, 0.05) is 19.6 Å². The Labute approximate surface area is 228 Å². The van der Waals surface area contributed by atoms with E-state index in [-0.39, 0.29) is 23.4 Å². The van der Waals surface area contributed by atoms with Gasteiger partial charge in [0.2, 0.25) is 0 Å². The lowest BCUT2D eigenvalue weighted by molar-refractivity contribution is -0.145. The summed E-state index contributed by atoms with van der Waals surface area (Å²) in [5.74, 6) is 1.63. The number of alkyl halides is 3. The molecule has 2 atom stereocenters. The predicted octanol–water partition coefficient (Wildman–Crippen LogP) is 7.25. The molecule has 0 amide bonds. The summed E-state index contributed by atoms with van der Waals surface area (Å²) in [6.07, 6.45) is 3.71. The van der Waals surface area contributed by atoms with Crippen LogP contribution in [0.5, 0.6) is 5.75 Å². The molecule has 2 aliphatic heterocycles. The standard InChI is InChI=1S/C32H38F3NO3/c1-20(30(37)38-2)29(23-6-7-23)24-8-5-22-11-12-31(39-28(22)18-24)13-15-36(16-14-31)19-25-17-26(32(33,34)35)9-10-27(25)21-3-4-21/h5,8-10,17-18,20-21,23,29H,3-4,6-7,11-16,19H2,1-2H3. The zero-order valence-electron chi connectivity index (χ0n) is 22.9. The minimum absolute atomic E-state index is 0.138. The Hall–Kier alpha value is -2.54. The van der Waals surface area contributed by atoms with Gasteiger partial charge in [-0.3, -0.25) is 9.69 Å². The van der Waals surface area contributed by atoms with E-state index in [2.05, 4.69) is 23.1 Å². The maximum Gasteiger partial charge on any atom is 0.416 e. The van der Waals surface area contributed by atoms with Gasteiger partial charge >= 0.3 is 12.1 Å². The van der Waals surface area contributed by atoms with Crippen LogP contribution in [0, 0.1) is 11.8 Å². The van der Waals surface area contributed by atoms with Crippen LogP contribution in [0.4, 0.5) is 13.2 Å². The highest BCUT2D eigenvalue weighted by molar-refractivity contribution is 5.73. The molecule has 4 nitrogen and oxygen atoms in total. The normalized spacial score (nSPS) is 22.6. The summed E-state index contributed by atoms with van der Waals surface area (Å²) in [5.41, 5.74) is 3.49. The van der Waals surface area contributed by atoms with E-state index in [0.29, 0.717) is 18.4 Å². The Morgan fingerprint density at radius 2 is 1.82 bits per heavy atom. The number of rotatable bonds is 7. The SMILES string of the molecule is COC(=O)C(C)C(c1ccc2c(c1)OC1(CC2)CCN(Cc2cc(C(F)(F)F)ccc2C2CC2)CC1)C1CC1. The third kappa shape index (κ3) is 5.57. The van der Waals surface area contributed by atoms with Crippen LogP contribution >= 0.6 is 0 Å². The molecule has 3 fully saturated rings. The Balaban J connectivity index is 1.15. The summed E-state index contributed by atoms with van der Waals surface area (Å²) in [4.78, 5) is 14.7. The molecule has 0 aromatic heterocycles. The first-order chi connectivity index (χ1) is 18.7. The number of halogens is 3. The number of aryl methyl sites for hydroxylation is 1. The van der Waals surface area contributed by atoms with Gasteiger partial charge in [0.25, 0.3) is 0 Å². The molecule has 7 heteroatoms. The summed E-state index contributed by atoms with van der Waals surface area (Å²) in [6.45, 7) is 4.13. The van der Waals surface area contributed by atoms with E-state index in [1.54, 1.807) is 6.07 Å². The molecule has 2 aliphatic carbocycles. The Bertz CT molecular complexity index is 1230. The van der Waals surface area contributed by atoms with Crippen LogP contribution in [0.1, 0.15) is 91.5 Å². The number of piperidine rings is 1. The molecule has 2 aromatic carbocycles. The van der Waals surface area contributed by atoms with E-state index in [9.17, 15) is 18.0 Å². The Morgan fingerprint density at radius 3 is 2.46 bits per heavy atom. The third-order valence-corrected chi connectivity index (χ3v) is 9.54. The summed E-state index contributed by atoms with van der Waals surface area (Å²) >= 11 is 0. The molecule has 39 heavy (non-hydrogen) atoms. The summed E-state index contributed by atoms with van der Waals surface area (Å²) in [7, 11) is 1.45. The molecular formula is C32H38F3NO3. The highest BCUT2D eigenvalue weighted by Crippen LogP contribution is 2.49. The second-order valence-electron chi connectivity index (χ2n) is 12.3. The molecular weight excluding hydrogens is 503 g/mol. The lowest BCUT2D eigenvalue weighted by atomic mass is 9.80. The average molecular weight is 542 g/mol. The molecule has 0 radical (unpaired) electrons. The van der Waals surface area contributed by atoms with Crippen molar-refractivity contribution in [3.8, 4) is 5.75 Å². The number of carbonyl (C=O) groups excluding carboxylic acids is 1. The van der Waals surface area contributed by atoms with Gasteiger partial charge in [0.05, 0.1) is 18.6 Å². The van der Waals surface area contributed by atoms with Crippen molar-refractivity contribution in [1.29, 1.82) is 0 Å². The molecule has 210 valence electrons. The van der Waals surface area contributed by atoms with Crippen LogP contribution in [0.25, 0.3) is 0 Å². The van der Waals surface area contributed by atoms with Crippen molar-refractivity contribution in [2.45, 2.75) is 88.4 Å². The largest absolute Gasteiger partial charge is 0.487 e.